The molecule has 1 heterocycles. The van der Waals surface area contributed by atoms with Crippen molar-refractivity contribution in [3.05, 3.63) is 0 Å². The summed E-state index contributed by atoms with van der Waals surface area (Å²) in [5, 5.41) is 3.84. The maximum atomic E-state index is 10.8. The zero-order valence-corrected chi connectivity index (χ0v) is 9.60. The number of rotatable bonds is 2. The third-order valence-electron chi connectivity index (χ3n) is 2.39. The number of carbonyl (C=O) groups is 1. The summed E-state index contributed by atoms with van der Waals surface area (Å²) in [6.45, 7) is 6.00. The number of carbonyl (C=O) groups excluding carboxylic acids is 1. The number of primary amides is 1. The highest BCUT2D eigenvalue weighted by molar-refractivity contribution is 8.13. The molecule has 0 radical (unpaired) electrons. The van der Waals surface area contributed by atoms with Crippen LogP contribution >= 0.6 is 11.8 Å². The first-order valence-corrected chi connectivity index (χ1v) is 5.75. The second kappa shape index (κ2) is 4.68. The Bertz CT molecular complexity index is 254. The summed E-state index contributed by atoms with van der Waals surface area (Å²) in [7, 11) is 0. The van der Waals surface area contributed by atoms with Crippen molar-refractivity contribution in [1.82, 2.24) is 5.32 Å². The second-order valence-corrected chi connectivity index (χ2v) is 4.74. The molecule has 0 aliphatic carbocycles. The number of amidine groups is 1. The number of hydrogen-bond donors (Lipinski definition) is 2. The van der Waals surface area contributed by atoms with Crippen LogP contribution in [0.15, 0.2) is 4.99 Å². The first-order chi connectivity index (χ1) is 6.50. The number of hydrogen-bond acceptors (Lipinski definition) is 4. The van der Waals surface area contributed by atoms with Crippen molar-refractivity contribution in [3.8, 4) is 0 Å². The van der Waals surface area contributed by atoms with E-state index < -0.39 is 0 Å². The fourth-order valence-electron chi connectivity index (χ4n) is 1.03. The molecule has 3 atom stereocenters. The average molecular weight is 215 g/mol. The van der Waals surface area contributed by atoms with Crippen LogP contribution in [0.5, 0.6) is 0 Å². The van der Waals surface area contributed by atoms with E-state index in [-0.39, 0.29) is 11.9 Å². The lowest BCUT2D eigenvalue weighted by molar-refractivity contribution is -0.119. The van der Waals surface area contributed by atoms with Gasteiger partial charge in [-0.1, -0.05) is 18.7 Å². The fourth-order valence-corrected chi connectivity index (χ4v) is 2.23. The van der Waals surface area contributed by atoms with Gasteiger partial charge < -0.3 is 11.1 Å². The van der Waals surface area contributed by atoms with E-state index in [9.17, 15) is 4.79 Å². The van der Waals surface area contributed by atoms with Crippen molar-refractivity contribution in [2.24, 2.45) is 16.6 Å². The topological polar surface area (TPSA) is 67.5 Å². The minimum Gasteiger partial charge on any atom is -0.368 e. The van der Waals surface area contributed by atoms with E-state index in [2.05, 4.69) is 24.2 Å². The summed E-state index contributed by atoms with van der Waals surface area (Å²) >= 11 is 1.65. The lowest BCUT2D eigenvalue weighted by Crippen LogP contribution is -2.43. The van der Waals surface area contributed by atoms with Crippen molar-refractivity contribution < 1.29 is 4.79 Å². The second-order valence-electron chi connectivity index (χ2n) is 3.73. The maximum Gasteiger partial charge on any atom is 0.239 e. The molecule has 0 aromatic heterocycles. The van der Waals surface area contributed by atoms with E-state index in [1.165, 1.54) is 0 Å². The van der Waals surface area contributed by atoms with Gasteiger partial charge in [0.15, 0.2) is 5.17 Å². The summed E-state index contributed by atoms with van der Waals surface area (Å²) < 4.78 is 0. The van der Waals surface area contributed by atoms with E-state index in [4.69, 9.17) is 5.73 Å². The number of amides is 1. The molecular formula is C9H17N3OS. The Labute approximate surface area is 88.7 Å². The molecule has 3 unspecified atom stereocenters. The molecule has 0 bridgehead atoms. The predicted molar refractivity (Wildman–Crippen MR) is 60.3 cm³/mol. The first kappa shape index (κ1) is 11.4. The standard InChI is InChI=1S/C9H17N3OS/c1-5-4-14-9(11-6(5)2)12-7(3)8(10)13/h5-7H,4H2,1-3H3,(H2,10,13)(H,11,12). The van der Waals surface area contributed by atoms with Crippen molar-refractivity contribution in [2.75, 3.05) is 5.75 Å². The van der Waals surface area contributed by atoms with Crippen LogP contribution < -0.4 is 11.1 Å². The summed E-state index contributed by atoms with van der Waals surface area (Å²) in [5.74, 6) is 1.28. The molecule has 80 valence electrons. The molecule has 4 nitrogen and oxygen atoms in total. The molecule has 1 amide bonds. The molecule has 0 saturated carbocycles. The number of aliphatic imine (C=N–C) groups is 1. The van der Waals surface area contributed by atoms with Gasteiger partial charge in [0.1, 0.15) is 6.04 Å². The van der Waals surface area contributed by atoms with Gasteiger partial charge in [-0.2, -0.15) is 0 Å². The van der Waals surface area contributed by atoms with Crippen LogP contribution in [0, 0.1) is 5.92 Å². The third-order valence-corrected chi connectivity index (χ3v) is 3.58. The van der Waals surface area contributed by atoms with Crippen LogP contribution in [0.3, 0.4) is 0 Å². The zero-order chi connectivity index (χ0) is 10.7. The molecule has 5 heteroatoms. The average Bonchev–Trinajstić information content (AvgIpc) is 2.11. The van der Waals surface area contributed by atoms with E-state index >= 15 is 0 Å². The molecular weight excluding hydrogens is 198 g/mol. The van der Waals surface area contributed by atoms with Crippen LogP contribution in [0.25, 0.3) is 0 Å². The molecule has 14 heavy (non-hydrogen) atoms. The first-order valence-electron chi connectivity index (χ1n) is 4.77. The lowest BCUT2D eigenvalue weighted by atomic mass is 10.1. The molecule has 1 aliphatic heterocycles. The SMILES string of the molecule is CC(NC1=NC(C)C(C)CS1)C(N)=O. The molecule has 3 N–H and O–H groups in total. The number of nitrogens with zero attached hydrogens (tertiary/aromatic N) is 1. The van der Waals surface area contributed by atoms with Crippen LogP contribution in [0.1, 0.15) is 20.8 Å². The van der Waals surface area contributed by atoms with E-state index in [0.717, 1.165) is 10.9 Å². The summed E-state index contributed by atoms with van der Waals surface area (Å²) in [5.41, 5.74) is 5.15. The van der Waals surface area contributed by atoms with Gasteiger partial charge in [0.25, 0.3) is 0 Å². The highest BCUT2D eigenvalue weighted by Crippen LogP contribution is 2.21. The molecule has 0 fully saturated rings. The van der Waals surface area contributed by atoms with E-state index in [1.54, 1.807) is 18.7 Å². The maximum absolute atomic E-state index is 10.8. The normalized spacial score (nSPS) is 29.2. The highest BCUT2D eigenvalue weighted by atomic mass is 32.2. The monoisotopic (exact) mass is 215 g/mol. The number of nitrogens with one attached hydrogen (secondary N) is 1. The van der Waals surface area contributed by atoms with Crippen molar-refractivity contribution >= 4 is 22.8 Å². The molecule has 0 aromatic carbocycles. The summed E-state index contributed by atoms with van der Waals surface area (Å²) in [4.78, 5) is 15.3. The minimum atomic E-state index is -0.348. The van der Waals surface area contributed by atoms with Gasteiger partial charge in [-0.3, -0.25) is 9.79 Å². The Morgan fingerprint density at radius 1 is 1.71 bits per heavy atom. The molecule has 0 saturated heterocycles. The van der Waals surface area contributed by atoms with Crippen LogP contribution in [-0.2, 0) is 4.79 Å². The molecule has 1 rings (SSSR count). The Balaban J connectivity index is 2.54. The third kappa shape index (κ3) is 2.90. The van der Waals surface area contributed by atoms with E-state index in [1.807, 2.05) is 0 Å². The predicted octanol–water partition coefficient (Wildman–Crippen LogP) is 0.577. The van der Waals surface area contributed by atoms with Gasteiger partial charge in [-0.15, -0.1) is 0 Å². The minimum absolute atomic E-state index is 0.318. The van der Waals surface area contributed by atoms with Gasteiger partial charge in [-0.25, -0.2) is 0 Å². The number of thioether (sulfide) groups is 1. The van der Waals surface area contributed by atoms with Gasteiger partial charge in [0, 0.05) is 5.75 Å². The smallest absolute Gasteiger partial charge is 0.239 e. The summed E-state index contributed by atoms with van der Waals surface area (Å²) in [6.07, 6.45) is 0. The van der Waals surface area contributed by atoms with Crippen LogP contribution in [-0.4, -0.2) is 28.9 Å². The molecule has 1 aliphatic rings. The van der Waals surface area contributed by atoms with Gasteiger partial charge in [0.2, 0.25) is 5.91 Å². The van der Waals surface area contributed by atoms with E-state index in [0.29, 0.717) is 12.0 Å². The Morgan fingerprint density at radius 2 is 2.36 bits per heavy atom. The van der Waals surface area contributed by atoms with Gasteiger partial charge in [0.05, 0.1) is 6.04 Å². The Morgan fingerprint density at radius 3 is 2.86 bits per heavy atom. The zero-order valence-electron chi connectivity index (χ0n) is 8.78. The summed E-state index contributed by atoms with van der Waals surface area (Å²) in [6, 6.07) is -0.0271. The van der Waals surface area contributed by atoms with Gasteiger partial charge in [-0.05, 0) is 19.8 Å². The number of nitrogens with two attached hydrogens (primary N) is 1. The van der Waals surface area contributed by atoms with Crippen molar-refractivity contribution in [2.45, 2.75) is 32.9 Å². The van der Waals surface area contributed by atoms with Crippen molar-refractivity contribution in [1.29, 1.82) is 0 Å². The van der Waals surface area contributed by atoms with Crippen molar-refractivity contribution in [3.63, 3.8) is 0 Å². The van der Waals surface area contributed by atoms with Crippen LogP contribution in [0.2, 0.25) is 0 Å². The highest BCUT2D eigenvalue weighted by Gasteiger charge is 2.20. The van der Waals surface area contributed by atoms with Gasteiger partial charge >= 0.3 is 0 Å². The molecule has 0 spiro atoms. The van der Waals surface area contributed by atoms with Crippen LogP contribution in [0.4, 0.5) is 0 Å². The fraction of sp³-hybridized carbons (Fsp3) is 0.778. The largest absolute Gasteiger partial charge is 0.368 e. The Kier molecular flexibility index (Phi) is 3.80. The lowest BCUT2D eigenvalue weighted by Gasteiger charge is -2.24. The quantitative estimate of drug-likeness (QED) is 0.708. The Hall–Kier alpha value is -0.710. The molecule has 0 aromatic rings.